The molecule has 4 heterocycles. The van der Waals surface area contributed by atoms with Crippen LogP contribution in [0.3, 0.4) is 0 Å². The van der Waals surface area contributed by atoms with E-state index < -0.39 is 19.8 Å². The monoisotopic (exact) mass is 707 g/mol. The van der Waals surface area contributed by atoms with Crippen LogP contribution in [0.25, 0.3) is 5.69 Å². The van der Waals surface area contributed by atoms with Crippen molar-refractivity contribution < 1.29 is 28.9 Å². The van der Waals surface area contributed by atoms with Crippen LogP contribution in [0.2, 0.25) is 18.6 Å². The molecule has 11 heteroatoms. The summed E-state index contributed by atoms with van der Waals surface area (Å²) in [5.74, 6) is 0.302. The van der Waals surface area contributed by atoms with E-state index in [2.05, 4.69) is 32.2 Å². The first kappa shape index (κ1) is 34.7. The zero-order valence-electron chi connectivity index (χ0n) is 29.7. The molecule has 0 aliphatic carbocycles. The first-order chi connectivity index (χ1) is 24.6. The number of anilines is 2. The summed E-state index contributed by atoms with van der Waals surface area (Å²) in [4.78, 5) is 46.3. The molecule has 0 unspecified atom stereocenters. The van der Waals surface area contributed by atoms with Crippen LogP contribution in [0, 0.1) is 5.92 Å². The number of amides is 2. The Labute approximate surface area is 299 Å². The van der Waals surface area contributed by atoms with Crippen molar-refractivity contribution >= 4 is 36.4 Å². The molecule has 1 aromatic heterocycles. The number of rotatable bonds is 9. The summed E-state index contributed by atoms with van der Waals surface area (Å²) in [7, 11) is 0.577. The van der Waals surface area contributed by atoms with Crippen LogP contribution >= 0.6 is 0 Å². The molecule has 2 fully saturated rings. The Balaban J connectivity index is 1.40. The van der Waals surface area contributed by atoms with Gasteiger partial charge in [0.15, 0.2) is 11.4 Å². The van der Waals surface area contributed by atoms with Crippen molar-refractivity contribution in [2.24, 2.45) is 5.92 Å². The fraction of sp³-hybridized carbons (Fsp3) is 0.375. The molecule has 5 atom stereocenters. The summed E-state index contributed by atoms with van der Waals surface area (Å²) in [5.41, 5.74) is 0.668. The van der Waals surface area contributed by atoms with Crippen molar-refractivity contribution in [2.75, 3.05) is 32.3 Å². The highest BCUT2D eigenvalue weighted by atomic mass is 28.3. The standard InChI is InChI=1S/C40H45N3O7Si/c1-26-37(51(4,5)31-18-16-30(48-2)17-19-31)35(24-36(45)41-21-9-13-29(41)25-44)50-40(26)32-23-28(42-22-10-14-34(49-3)38(42)46)15-20-33(32)43(39(40)47)27-11-7-6-8-12-27/h6-8,10-12,14-20,22-23,26,29,35,37,44H,9,13,21,24-25H2,1-5H3/t26-,29-,35+,37-,40+/m0/s1. The minimum absolute atomic E-state index is 0.0763. The van der Waals surface area contributed by atoms with Crippen LogP contribution < -0.4 is 25.1 Å². The number of pyridine rings is 1. The van der Waals surface area contributed by atoms with E-state index in [1.165, 1.54) is 11.7 Å². The molecule has 266 valence electrons. The minimum atomic E-state index is -2.53. The van der Waals surface area contributed by atoms with E-state index >= 15 is 4.79 Å². The number of benzene rings is 3. The molecule has 3 aromatic carbocycles. The predicted molar refractivity (Wildman–Crippen MR) is 198 cm³/mol. The number of aliphatic hydroxyl groups is 1. The lowest BCUT2D eigenvalue weighted by molar-refractivity contribution is -0.149. The van der Waals surface area contributed by atoms with Gasteiger partial charge in [0.1, 0.15) is 5.75 Å². The zero-order chi connectivity index (χ0) is 36.1. The van der Waals surface area contributed by atoms with E-state index in [9.17, 15) is 14.7 Å². The Hall–Kier alpha value is -4.71. The fourth-order valence-electron chi connectivity index (χ4n) is 8.89. The normalized spacial score (nSPS) is 24.3. The second kappa shape index (κ2) is 13.4. The fourth-order valence-corrected chi connectivity index (χ4v) is 12.9. The van der Waals surface area contributed by atoms with Gasteiger partial charge in [-0.05, 0) is 73.0 Å². The number of nitrogens with zero attached hydrogens (tertiary/aromatic N) is 3. The van der Waals surface area contributed by atoms with E-state index in [-0.39, 0.29) is 53.7 Å². The van der Waals surface area contributed by atoms with Gasteiger partial charge in [-0.3, -0.25) is 23.9 Å². The average Bonchev–Trinajstić information content (AvgIpc) is 3.81. The topological polar surface area (TPSA) is 111 Å². The molecule has 7 rings (SSSR count). The van der Waals surface area contributed by atoms with Crippen molar-refractivity contribution in [1.82, 2.24) is 9.47 Å². The Morgan fingerprint density at radius 2 is 1.71 bits per heavy atom. The van der Waals surface area contributed by atoms with Crippen LogP contribution in [-0.4, -0.2) is 74.0 Å². The molecule has 51 heavy (non-hydrogen) atoms. The van der Waals surface area contributed by atoms with Crippen LogP contribution in [-0.2, 0) is 19.9 Å². The molecule has 3 aliphatic heterocycles. The zero-order valence-corrected chi connectivity index (χ0v) is 30.7. The maximum absolute atomic E-state index is 15.3. The molecule has 10 nitrogen and oxygen atoms in total. The SMILES string of the molecule is COc1ccc([Si](C)(C)[C@@H]2[C@@H](CC(=O)N3CCC[C@H]3CO)O[C@]3(C(=O)N(c4ccccc4)c4ccc(-n5cccc(OC)c5=O)cc43)[C@H]2C)cc1. The minimum Gasteiger partial charge on any atom is -0.497 e. The predicted octanol–water partition coefficient (Wildman–Crippen LogP) is 5.12. The summed E-state index contributed by atoms with van der Waals surface area (Å²) >= 11 is 0. The summed E-state index contributed by atoms with van der Waals surface area (Å²) < 4.78 is 19.6. The van der Waals surface area contributed by atoms with E-state index in [0.717, 1.165) is 23.8 Å². The van der Waals surface area contributed by atoms with Gasteiger partial charge in [0.05, 0.1) is 53.2 Å². The van der Waals surface area contributed by atoms with Crippen LogP contribution in [0.4, 0.5) is 11.4 Å². The largest absolute Gasteiger partial charge is 0.497 e. The van der Waals surface area contributed by atoms with Gasteiger partial charge in [-0.2, -0.15) is 0 Å². The van der Waals surface area contributed by atoms with Gasteiger partial charge in [0, 0.05) is 35.6 Å². The molecule has 2 saturated heterocycles. The molecule has 4 aromatic rings. The molecule has 1 spiro atoms. The van der Waals surface area contributed by atoms with Gasteiger partial charge >= 0.3 is 0 Å². The maximum Gasteiger partial charge on any atom is 0.297 e. The lowest BCUT2D eigenvalue weighted by Crippen LogP contribution is -2.52. The number of aromatic nitrogens is 1. The third kappa shape index (κ3) is 5.58. The Morgan fingerprint density at radius 3 is 2.39 bits per heavy atom. The molecular formula is C40H45N3O7Si. The number of carbonyl (C=O) groups excluding carboxylic acids is 2. The summed E-state index contributed by atoms with van der Waals surface area (Å²) in [6.45, 7) is 7.15. The summed E-state index contributed by atoms with van der Waals surface area (Å²) in [6.07, 6.45) is 2.77. The average molecular weight is 708 g/mol. The molecule has 2 amide bonds. The van der Waals surface area contributed by atoms with E-state index in [0.29, 0.717) is 29.2 Å². The molecule has 1 N–H and O–H groups in total. The first-order valence-electron chi connectivity index (χ1n) is 17.6. The Morgan fingerprint density at radius 1 is 0.961 bits per heavy atom. The van der Waals surface area contributed by atoms with Crippen LogP contribution in [0.15, 0.2) is 95.9 Å². The molecular weight excluding hydrogens is 663 g/mol. The van der Waals surface area contributed by atoms with Gasteiger partial charge in [-0.25, -0.2) is 0 Å². The molecule has 0 bridgehead atoms. The first-order valence-corrected chi connectivity index (χ1v) is 20.7. The van der Waals surface area contributed by atoms with Crippen LogP contribution in [0.1, 0.15) is 31.7 Å². The lowest BCUT2D eigenvalue weighted by atomic mass is 9.82. The number of hydrogen-bond donors (Lipinski definition) is 1. The number of aliphatic hydroxyl groups excluding tert-OH is 1. The molecule has 0 saturated carbocycles. The number of likely N-dealkylation sites (tertiary alicyclic amines) is 1. The van der Waals surface area contributed by atoms with Crippen molar-refractivity contribution in [1.29, 1.82) is 0 Å². The van der Waals surface area contributed by atoms with E-state index in [4.69, 9.17) is 14.2 Å². The summed E-state index contributed by atoms with van der Waals surface area (Å²) in [5, 5.41) is 11.2. The van der Waals surface area contributed by atoms with Gasteiger partial charge in [0.25, 0.3) is 11.5 Å². The van der Waals surface area contributed by atoms with Gasteiger partial charge in [0.2, 0.25) is 5.91 Å². The van der Waals surface area contributed by atoms with Crippen molar-refractivity contribution in [3.63, 3.8) is 0 Å². The smallest absolute Gasteiger partial charge is 0.297 e. The number of para-hydroxylation sites is 1. The second-order valence-electron chi connectivity index (χ2n) is 14.4. The lowest BCUT2D eigenvalue weighted by Gasteiger charge is -2.37. The van der Waals surface area contributed by atoms with E-state index in [1.54, 1.807) is 35.2 Å². The van der Waals surface area contributed by atoms with Crippen molar-refractivity contribution in [2.45, 2.75) is 62.6 Å². The number of ether oxygens (including phenoxy) is 3. The molecule has 0 radical (unpaired) electrons. The number of hydrogen-bond acceptors (Lipinski definition) is 7. The second-order valence-corrected chi connectivity index (χ2v) is 19.0. The highest BCUT2D eigenvalue weighted by Gasteiger charge is 2.67. The highest BCUT2D eigenvalue weighted by molar-refractivity contribution is 6.91. The van der Waals surface area contributed by atoms with Crippen molar-refractivity contribution in [3.05, 3.63) is 107 Å². The molecule has 3 aliphatic rings. The van der Waals surface area contributed by atoms with Crippen LogP contribution in [0.5, 0.6) is 11.5 Å². The third-order valence-electron chi connectivity index (χ3n) is 11.4. The number of methoxy groups -OCH3 is 2. The van der Waals surface area contributed by atoms with Gasteiger partial charge in [-0.1, -0.05) is 55.5 Å². The van der Waals surface area contributed by atoms with Crippen molar-refractivity contribution in [3.8, 4) is 17.2 Å². The number of fused-ring (bicyclic) bond motifs is 2. The number of carbonyl (C=O) groups is 2. The van der Waals surface area contributed by atoms with Gasteiger partial charge in [-0.15, -0.1) is 0 Å². The third-order valence-corrected chi connectivity index (χ3v) is 15.8. The van der Waals surface area contributed by atoms with Gasteiger partial charge < -0.3 is 24.2 Å². The summed E-state index contributed by atoms with van der Waals surface area (Å²) in [6, 6.07) is 26.4. The maximum atomic E-state index is 15.3. The highest BCUT2D eigenvalue weighted by Crippen LogP contribution is 2.61. The Bertz CT molecular complexity index is 2000. The van der Waals surface area contributed by atoms with E-state index in [1.807, 2.05) is 60.7 Å². The Kier molecular flexibility index (Phi) is 9.15. The quantitative estimate of drug-likeness (QED) is 0.241.